The van der Waals surface area contributed by atoms with Crippen LogP contribution in [-0.4, -0.2) is 25.2 Å². The Hall–Kier alpha value is -1.58. The Kier molecular flexibility index (Phi) is 5.42. The first-order valence-electron chi connectivity index (χ1n) is 9.24. The van der Waals surface area contributed by atoms with Crippen LogP contribution in [0.5, 0.6) is 0 Å². The fraction of sp³-hybridized carbons (Fsp3) is 0.700. The van der Waals surface area contributed by atoms with Gasteiger partial charge in [0.05, 0.1) is 13.2 Å². The summed E-state index contributed by atoms with van der Waals surface area (Å²) in [6, 6.07) is 0. The fourth-order valence-corrected chi connectivity index (χ4v) is 5.94. The lowest BCUT2D eigenvalue weighted by Crippen LogP contribution is -2.23. The van der Waals surface area contributed by atoms with E-state index in [4.69, 9.17) is 9.47 Å². The Morgan fingerprint density at radius 1 is 0.833 bits per heavy atom. The van der Waals surface area contributed by atoms with Gasteiger partial charge in [0, 0.05) is 12.2 Å². The molecule has 3 fully saturated rings. The summed E-state index contributed by atoms with van der Waals surface area (Å²) in [5.41, 5.74) is 0. The Bertz CT molecular complexity index is 512. The molecule has 3 aliphatic carbocycles. The molecule has 3 saturated carbocycles. The highest BCUT2D eigenvalue weighted by molar-refractivity contribution is 5.81. The molecule has 0 N–H and O–H groups in total. The van der Waals surface area contributed by atoms with Crippen molar-refractivity contribution in [3.05, 3.63) is 25.3 Å². The second kappa shape index (κ2) is 7.54. The molecular weight excluding hydrogens is 304 g/mol. The second-order valence-electron chi connectivity index (χ2n) is 7.47. The lowest BCUT2D eigenvalue weighted by atomic mass is 9.77. The first-order chi connectivity index (χ1) is 11.7. The molecule has 0 aliphatic heterocycles. The van der Waals surface area contributed by atoms with Gasteiger partial charge in [-0.15, -0.1) is 0 Å². The maximum atomic E-state index is 11.2. The first-order valence-corrected chi connectivity index (χ1v) is 9.24. The van der Waals surface area contributed by atoms with Gasteiger partial charge in [-0.1, -0.05) is 13.2 Å². The summed E-state index contributed by atoms with van der Waals surface area (Å²) in [4.78, 5) is 22.4. The number of hydrogen-bond donors (Lipinski definition) is 0. The van der Waals surface area contributed by atoms with Crippen molar-refractivity contribution >= 4 is 11.9 Å². The first kappa shape index (κ1) is 17.2. The smallest absolute Gasteiger partial charge is 0.330 e. The highest BCUT2D eigenvalue weighted by atomic mass is 16.5. The average Bonchev–Trinajstić information content (AvgIpc) is 3.26. The van der Waals surface area contributed by atoms with Crippen molar-refractivity contribution < 1.29 is 19.1 Å². The molecule has 0 radical (unpaired) electrons. The van der Waals surface area contributed by atoms with Crippen LogP contribution in [0.25, 0.3) is 0 Å². The van der Waals surface area contributed by atoms with Crippen LogP contribution in [0.2, 0.25) is 0 Å². The van der Waals surface area contributed by atoms with Crippen LogP contribution in [0.15, 0.2) is 25.3 Å². The molecule has 0 aromatic heterocycles. The van der Waals surface area contributed by atoms with Gasteiger partial charge in [0.15, 0.2) is 0 Å². The number of hydrogen-bond acceptors (Lipinski definition) is 4. The lowest BCUT2D eigenvalue weighted by molar-refractivity contribution is -0.139. The van der Waals surface area contributed by atoms with Crippen LogP contribution in [0.3, 0.4) is 0 Å². The number of ether oxygens (including phenoxy) is 2. The van der Waals surface area contributed by atoms with Crippen molar-refractivity contribution in [2.24, 2.45) is 35.5 Å². The Labute approximate surface area is 144 Å². The molecule has 6 unspecified atom stereocenters. The molecule has 3 aliphatic rings. The minimum Gasteiger partial charge on any atom is -0.463 e. The number of rotatable bonds is 8. The normalized spacial score (nSPS) is 36.2. The number of carbonyl (C=O) groups is 2. The van der Waals surface area contributed by atoms with E-state index in [1.807, 2.05) is 0 Å². The van der Waals surface area contributed by atoms with Gasteiger partial charge in [0.25, 0.3) is 0 Å². The molecule has 4 nitrogen and oxygen atoms in total. The van der Waals surface area contributed by atoms with E-state index in [0.29, 0.717) is 25.0 Å². The van der Waals surface area contributed by atoms with Crippen LogP contribution in [-0.2, 0) is 19.1 Å². The fourth-order valence-electron chi connectivity index (χ4n) is 5.94. The second-order valence-corrected chi connectivity index (χ2v) is 7.47. The Morgan fingerprint density at radius 2 is 1.42 bits per heavy atom. The molecule has 0 heterocycles. The number of fused-ring (bicyclic) bond motifs is 5. The van der Waals surface area contributed by atoms with E-state index in [-0.39, 0.29) is 11.9 Å². The quantitative estimate of drug-likeness (QED) is 0.504. The molecule has 0 aromatic rings. The van der Waals surface area contributed by atoms with Gasteiger partial charge in [-0.2, -0.15) is 0 Å². The summed E-state index contributed by atoms with van der Waals surface area (Å²) < 4.78 is 10.4. The zero-order valence-corrected chi connectivity index (χ0v) is 14.3. The number of carbonyl (C=O) groups excluding carboxylic acids is 2. The van der Waals surface area contributed by atoms with E-state index in [2.05, 4.69) is 13.2 Å². The average molecular weight is 332 g/mol. The standard InChI is InChI=1S/C20H28O4/c1-3-18(21)23-11-9-13-5-6-16-14-7-8-17(20(13)16)15(14)10-12-24-19(22)4-2/h3-4,13-17,20H,1-2,5-12H2. The third-order valence-corrected chi connectivity index (χ3v) is 6.65. The molecule has 24 heavy (non-hydrogen) atoms. The molecule has 6 atom stereocenters. The van der Waals surface area contributed by atoms with E-state index in [0.717, 1.165) is 36.5 Å². The molecule has 2 bridgehead atoms. The summed E-state index contributed by atoms with van der Waals surface area (Å²) in [6.45, 7) is 7.91. The zero-order chi connectivity index (χ0) is 17.1. The highest BCUT2D eigenvalue weighted by Gasteiger charge is 2.57. The van der Waals surface area contributed by atoms with Gasteiger partial charge in [-0.3, -0.25) is 0 Å². The molecule has 0 saturated heterocycles. The van der Waals surface area contributed by atoms with E-state index < -0.39 is 0 Å². The third-order valence-electron chi connectivity index (χ3n) is 6.65. The van der Waals surface area contributed by atoms with Crippen LogP contribution >= 0.6 is 0 Å². The van der Waals surface area contributed by atoms with Crippen molar-refractivity contribution in [2.75, 3.05) is 13.2 Å². The van der Waals surface area contributed by atoms with Crippen molar-refractivity contribution in [3.8, 4) is 0 Å². The molecular formula is C20H28O4. The van der Waals surface area contributed by atoms with Crippen LogP contribution < -0.4 is 0 Å². The van der Waals surface area contributed by atoms with Crippen LogP contribution in [0, 0.1) is 35.5 Å². The summed E-state index contributed by atoms with van der Waals surface area (Å²) >= 11 is 0. The monoisotopic (exact) mass is 332 g/mol. The summed E-state index contributed by atoms with van der Waals surface area (Å²) in [7, 11) is 0. The van der Waals surface area contributed by atoms with Gasteiger partial charge in [0.2, 0.25) is 0 Å². The van der Waals surface area contributed by atoms with E-state index in [9.17, 15) is 9.59 Å². The van der Waals surface area contributed by atoms with Gasteiger partial charge in [0.1, 0.15) is 0 Å². The zero-order valence-electron chi connectivity index (χ0n) is 14.3. The highest BCUT2D eigenvalue weighted by Crippen LogP contribution is 2.64. The molecule has 132 valence electrons. The Balaban J connectivity index is 1.52. The SMILES string of the molecule is C=CC(=O)OCCC1CCC2C3CCC(C3CCOC(=O)C=C)C12. The predicted octanol–water partition coefficient (Wildman–Crippen LogP) is 3.52. The topological polar surface area (TPSA) is 52.6 Å². The minimum atomic E-state index is -0.320. The Morgan fingerprint density at radius 3 is 2.08 bits per heavy atom. The molecule has 3 rings (SSSR count). The van der Waals surface area contributed by atoms with Gasteiger partial charge in [-0.25, -0.2) is 9.59 Å². The minimum absolute atomic E-state index is 0.317. The van der Waals surface area contributed by atoms with Gasteiger partial charge < -0.3 is 9.47 Å². The van der Waals surface area contributed by atoms with Crippen molar-refractivity contribution in [1.82, 2.24) is 0 Å². The van der Waals surface area contributed by atoms with Gasteiger partial charge >= 0.3 is 11.9 Å². The molecule has 0 aromatic carbocycles. The molecule has 0 spiro atoms. The van der Waals surface area contributed by atoms with Crippen LogP contribution in [0.4, 0.5) is 0 Å². The van der Waals surface area contributed by atoms with Crippen molar-refractivity contribution in [1.29, 1.82) is 0 Å². The molecule has 4 heteroatoms. The van der Waals surface area contributed by atoms with Crippen molar-refractivity contribution in [2.45, 2.75) is 38.5 Å². The largest absolute Gasteiger partial charge is 0.463 e. The van der Waals surface area contributed by atoms with Crippen molar-refractivity contribution in [3.63, 3.8) is 0 Å². The third kappa shape index (κ3) is 3.28. The van der Waals surface area contributed by atoms with E-state index in [1.54, 1.807) is 0 Å². The van der Waals surface area contributed by atoms with E-state index in [1.165, 1.54) is 37.8 Å². The predicted molar refractivity (Wildman–Crippen MR) is 91.0 cm³/mol. The molecule has 0 amide bonds. The maximum absolute atomic E-state index is 11.2. The number of esters is 2. The summed E-state index contributed by atoms with van der Waals surface area (Å²) in [6.07, 6.45) is 9.66. The maximum Gasteiger partial charge on any atom is 0.330 e. The van der Waals surface area contributed by atoms with Gasteiger partial charge in [-0.05, 0) is 74.0 Å². The lowest BCUT2D eigenvalue weighted by Gasteiger charge is -2.29. The van der Waals surface area contributed by atoms with E-state index >= 15 is 0 Å². The summed E-state index contributed by atoms with van der Waals surface area (Å²) in [5.74, 6) is 3.95. The van der Waals surface area contributed by atoms with Crippen LogP contribution in [0.1, 0.15) is 38.5 Å². The summed E-state index contributed by atoms with van der Waals surface area (Å²) in [5, 5.41) is 0.